The second-order valence-electron chi connectivity index (χ2n) is 11.0. The summed E-state index contributed by atoms with van der Waals surface area (Å²) in [6.07, 6.45) is 3.69. The summed E-state index contributed by atoms with van der Waals surface area (Å²) in [4.78, 5) is 35.8. The number of nitrogens with one attached hydrogen (secondary N) is 3. The molecule has 0 saturated carbocycles. The average Bonchev–Trinajstić information content (AvgIpc) is 2.93. The summed E-state index contributed by atoms with van der Waals surface area (Å²) in [6, 6.07) is 16.3. The Bertz CT molecular complexity index is 1470. The Morgan fingerprint density at radius 3 is 2.35 bits per heavy atom. The van der Waals surface area contributed by atoms with Gasteiger partial charge in [0.15, 0.2) is 0 Å². The molecule has 1 atom stereocenters. The molecule has 0 bridgehead atoms. The van der Waals surface area contributed by atoms with Gasteiger partial charge in [0.1, 0.15) is 5.82 Å². The summed E-state index contributed by atoms with van der Waals surface area (Å²) in [6.45, 7) is 0.545. The van der Waals surface area contributed by atoms with Gasteiger partial charge >= 0.3 is 151 Å². The number of rotatable bonds is 11. The second-order valence-corrected chi connectivity index (χ2v) is 27.2. The molecule has 0 saturated heterocycles. The van der Waals surface area contributed by atoms with E-state index in [1.165, 1.54) is 17.7 Å². The first-order chi connectivity index (χ1) is 18.9. The Morgan fingerprint density at radius 1 is 1.00 bits per heavy atom. The van der Waals surface area contributed by atoms with Crippen LogP contribution in [0.3, 0.4) is 0 Å². The number of nitrogens with zero attached hydrogens (tertiary/aromatic N) is 1. The maximum absolute atomic E-state index is 12.8. The van der Waals surface area contributed by atoms with E-state index >= 15 is 0 Å². The van der Waals surface area contributed by atoms with Crippen molar-refractivity contribution >= 4 is 49.7 Å². The molecule has 4 rings (SSSR count). The van der Waals surface area contributed by atoms with Crippen LogP contribution in [0.5, 0.6) is 0 Å². The third-order valence-electron chi connectivity index (χ3n) is 6.93. The summed E-state index contributed by atoms with van der Waals surface area (Å²) >= 11 is -2.36. The normalized spacial score (nSPS) is 14.1. The number of carbonyl (C=O) groups excluding carboxylic acids is 1. The predicted octanol–water partition coefficient (Wildman–Crippen LogP) is 2.93. The molecule has 1 aliphatic heterocycles. The number of sulfonamides is 1. The zero-order valence-corrected chi connectivity index (χ0v) is 26.7. The van der Waals surface area contributed by atoms with Crippen LogP contribution in [-0.4, -0.2) is 67.9 Å². The van der Waals surface area contributed by atoms with Crippen LogP contribution in [0.15, 0.2) is 65.6 Å². The van der Waals surface area contributed by atoms with Gasteiger partial charge in [0.05, 0.1) is 0 Å². The summed E-state index contributed by atoms with van der Waals surface area (Å²) in [5, 5.41) is 15.5. The van der Waals surface area contributed by atoms with Gasteiger partial charge in [-0.05, 0) is 42.9 Å². The van der Waals surface area contributed by atoms with Gasteiger partial charge in [-0.1, -0.05) is 18.2 Å². The standard InChI is InChI=1S/C26H27N4O5S.3CH3.Sn/c31-25(28-17-23(26(32)33)30-36(34,35)22-6-2-1-3-7-22)20-11-8-18(9-12-20)10-14-21-15-13-19-5-4-16-27-24(19)29-21;;;;/h2-3,6-9,11-13,15,23,30H,4-5,10,14,16-17H2,(H,27,29)(H,28,31)(H,32,33);3*1H3;. The molecule has 9 nitrogen and oxygen atoms in total. The molecule has 212 valence electrons. The van der Waals surface area contributed by atoms with Crippen LogP contribution >= 0.6 is 0 Å². The van der Waals surface area contributed by atoms with Gasteiger partial charge in [0, 0.05) is 12.2 Å². The van der Waals surface area contributed by atoms with E-state index in [-0.39, 0.29) is 4.90 Å². The number of aliphatic carboxylic acids is 1. The van der Waals surface area contributed by atoms with Crippen LogP contribution in [0.25, 0.3) is 0 Å². The Labute approximate surface area is 239 Å². The third-order valence-corrected chi connectivity index (χ3v) is 14.3. The van der Waals surface area contributed by atoms with E-state index in [4.69, 9.17) is 4.98 Å². The number of pyridine rings is 1. The van der Waals surface area contributed by atoms with Gasteiger partial charge in [-0.2, -0.15) is 0 Å². The minimum atomic E-state index is -4.09. The zero-order chi connectivity index (χ0) is 28.9. The first-order valence-electron chi connectivity index (χ1n) is 13.4. The van der Waals surface area contributed by atoms with Gasteiger partial charge in [0.2, 0.25) is 0 Å². The van der Waals surface area contributed by atoms with E-state index < -0.39 is 52.9 Å². The Balaban J connectivity index is 1.31. The third kappa shape index (κ3) is 7.82. The molecule has 11 heteroatoms. The molecule has 40 heavy (non-hydrogen) atoms. The van der Waals surface area contributed by atoms with Crippen LogP contribution in [0.1, 0.15) is 33.6 Å². The molecule has 4 N–H and O–H groups in total. The first kappa shape index (κ1) is 30.0. The van der Waals surface area contributed by atoms with E-state index in [2.05, 4.69) is 42.3 Å². The van der Waals surface area contributed by atoms with E-state index in [1.807, 2.05) is 12.1 Å². The van der Waals surface area contributed by atoms with Crippen molar-refractivity contribution in [3.63, 3.8) is 0 Å². The van der Waals surface area contributed by atoms with Crippen LogP contribution in [0, 0.1) is 0 Å². The molecule has 0 aliphatic carbocycles. The van der Waals surface area contributed by atoms with Crippen molar-refractivity contribution in [2.75, 3.05) is 18.4 Å². The van der Waals surface area contributed by atoms with Gasteiger partial charge in [-0.25, -0.2) is 4.98 Å². The molecular formula is C29H36N4O5SSn. The molecular weight excluding hydrogens is 635 g/mol. The summed E-state index contributed by atoms with van der Waals surface area (Å²) in [5.74, 6) is -0.896. The minimum absolute atomic E-state index is 0.0122. The van der Waals surface area contributed by atoms with Crippen LogP contribution in [-0.2, 0) is 34.1 Å². The SMILES string of the molecule is [CH3][Sn]([CH3])([CH3])[c]1ccc(S(=O)(=O)NC(CNC(=O)c2ccc(CCc3ccc4c(n3)NCCC4)cc2)C(=O)O)cc1. The number of hydrogen-bond acceptors (Lipinski definition) is 6. The molecule has 2 aromatic carbocycles. The summed E-state index contributed by atoms with van der Waals surface area (Å²) in [5.41, 5.74) is 3.66. The fraction of sp³-hybridized carbons (Fsp3) is 0.345. The van der Waals surface area contributed by atoms with Crippen molar-refractivity contribution in [1.82, 2.24) is 15.0 Å². The zero-order valence-electron chi connectivity index (χ0n) is 23.0. The van der Waals surface area contributed by atoms with Crippen molar-refractivity contribution < 1.29 is 23.1 Å². The maximum atomic E-state index is 12.8. The van der Waals surface area contributed by atoms with E-state index in [1.54, 1.807) is 24.3 Å². The average molecular weight is 671 g/mol. The van der Waals surface area contributed by atoms with Gasteiger partial charge in [-0.3, -0.25) is 0 Å². The number of amides is 1. The van der Waals surface area contributed by atoms with Crippen molar-refractivity contribution in [3.05, 3.63) is 83.0 Å². The van der Waals surface area contributed by atoms with Crippen molar-refractivity contribution in [2.24, 2.45) is 0 Å². The Morgan fingerprint density at radius 2 is 1.70 bits per heavy atom. The van der Waals surface area contributed by atoms with Crippen LogP contribution < -0.4 is 18.9 Å². The fourth-order valence-electron chi connectivity index (χ4n) is 4.47. The van der Waals surface area contributed by atoms with Gasteiger partial charge in [-0.15, -0.1) is 0 Å². The molecule has 1 aliphatic rings. The van der Waals surface area contributed by atoms with E-state index in [0.29, 0.717) is 5.56 Å². The topological polar surface area (TPSA) is 137 Å². The Hall–Kier alpha value is -2.96. The van der Waals surface area contributed by atoms with Gasteiger partial charge < -0.3 is 5.32 Å². The number of carboxylic acid groups (broad SMARTS) is 1. The molecule has 1 amide bonds. The first-order valence-corrected chi connectivity index (χ1v) is 24.8. The quantitative estimate of drug-likeness (QED) is 0.230. The monoisotopic (exact) mass is 672 g/mol. The Kier molecular flexibility index (Phi) is 9.52. The summed E-state index contributed by atoms with van der Waals surface area (Å²) in [7, 11) is -4.09. The predicted molar refractivity (Wildman–Crippen MR) is 158 cm³/mol. The van der Waals surface area contributed by atoms with E-state index in [9.17, 15) is 23.1 Å². The molecule has 0 radical (unpaired) electrons. The van der Waals surface area contributed by atoms with Crippen molar-refractivity contribution in [1.29, 1.82) is 0 Å². The fourth-order valence-corrected chi connectivity index (χ4v) is 8.99. The summed E-state index contributed by atoms with van der Waals surface area (Å²) < 4.78 is 29.0. The van der Waals surface area contributed by atoms with Gasteiger partial charge in [0.25, 0.3) is 0 Å². The molecule has 1 aromatic heterocycles. The number of aromatic nitrogens is 1. The number of benzene rings is 2. The molecule has 0 fully saturated rings. The second kappa shape index (κ2) is 12.7. The van der Waals surface area contributed by atoms with Crippen LogP contribution in [0.4, 0.5) is 5.82 Å². The molecule has 0 spiro atoms. The molecule has 3 aromatic rings. The number of aryl methyl sites for hydroxylation is 3. The van der Waals surface area contributed by atoms with E-state index in [0.717, 1.165) is 52.9 Å². The molecule has 1 unspecified atom stereocenters. The van der Waals surface area contributed by atoms with Crippen molar-refractivity contribution in [3.8, 4) is 0 Å². The number of hydrogen-bond donors (Lipinski definition) is 4. The molecule has 2 heterocycles. The number of anilines is 1. The van der Waals surface area contributed by atoms with Crippen LogP contribution in [0.2, 0.25) is 14.8 Å². The number of fused-ring (bicyclic) bond motifs is 1. The number of carboxylic acids is 1. The van der Waals surface area contributed by atoms with Crippen molar-refractivity contribution in [2.45, 2.75) is 51.4 Å². The number of carbonyl (C=O) groups is 2.